The molecule has 3 aromatic rings. The summed E-state index contributed by atoms with van der Waals surface area (Å²) < 4.78 is 0. The maximum Gasteiger partial charge on any atom is 0.327 e. The lowest BCUT2D eigenvalue weighted by atomic mass is 10.1. The van der Waals surface area contributed by atoms with E-state index in [0.29, 0.717) is 23.1 Å². The van der Waals surface area contributed by atoms with Crippen molar-refractivity contribution in [3.8, 4) is 0 Å². The Balaban J connectivity index is 1.91. The third-order valence-electron chi connectivity index (χ3n) is 4.22. The van der Waals surface area contributed by atoms with E-state index in [2.05, 4.69) is 32.2 Å². The Hall–Kier alpha value is -3.03. The summed E-state index contributed by atoms with van der Waals surface area (Å²) in [5, 5.41) is 2.90. The van der Waals surface area contributed by atoms with Crippen molar-refractivity contribution in [3.05, 3.63) is 38.5 Å². The van der Waals surface area contributed by atoms with Crippen LogP contribution in [-0.2, 0) is 4.79 Å². The molecule has 8 nitrogen and oxygen atoms in total. The van der Waals surface area contributed by atoms with Crippen LogP contribution in [0, 0.1) is 6.92 Å². The van der Waals surface area contributed by atoms with E-state index in [1.54, 1.807) is 12.1 Å². The highest BCUT2D eigenvalue weighted by molar-refractivity contribution is 5.95. The van der Waals surface area contributed by atoms with Gasteiger partial charge in [-0.15, -0.1) is 0 Å². The number of amides is 1. The zero-order chi connectivity index (χ0) is 18.7. The molecular weight excluding hydrogens is 334 g/mol. The van der Waals surface area contributed by atoms with E-state index in [9.17, 15) is 14.4 Å². The summed E-state index contributed by atoms with van der Waals surface area (Å²) in [7, 11) is 0. The minimum atomic E-state index is -0.635. The van der Waals surface area contributed by atoms with Crippen molar-refractivity contribution in [2.75, 3.05) is 5.32 Å². The van der Waals surface area contributed by atoms with Crippen LogP contribution in [0.15, 0.2) is 21.7 Å². The van der Waals surface area contributed by atoms with E-state index in [4.69, 9.17) is 0 Å². The lowest BCUT2D eigenvalue weighted by Crippen LogP contribution is -2.23. The highest BCUT2D eigenvalue weighted by atomic mass is 16.2. The summed E-state index contributed by atoms with van der Waals surface area (Å²) in [5.74, 6) is -0.0397. The predicted molar refractivity (Wildman–Crippen MR) is 100 cm³/mol. The molecule has 136 valence electrons. The molecular formula is C18H21N5O3. The van der Waals surface area contributed by atoms with Crippen LogP contribution in [0.25, 0.3) is 22.2 Å². The van der Waals surface area contributed by atoms with Gasteiger partial charge in [0.15, 0.2) is 11.2 Å². The number of nitrogens with one attached hydrogen (secondary N) is 3. The van der Waals surface area contributed by atoms with Gasteiger partial charge in [-0.2, -0.15) is 0 Å². The quantitative estimate of drug-likeness (QED) is 0.463. The fourth-order valence-corrected chi connectivity index (χ4v) is 2.81. The van der Waals surface area contributed by atoms with Crippen LogP contribution in [0.5, 0.6) is 0 Å². The van der Waals surface area contributed by atoms with Gasteiger partial charge in [-0.3, -0.25) is 19.6 Å². The first-order chi connectivity index (χ1) is 12.5. The van der Waals surface area contributed by atoms with Crippen molar-refractivity contribution < 1.29 is 4.79 Å². The van der Waals surface area contributed by atoms with Gasteiger partial charge in [-0.25, -0.2) is 14.8 Å². The Morgan fingerprint density at radius 1 is 1.08 bits per heavy atom. The van der Waals surface area contributed by atoms with E-state index in [0.717, 1.165) is 31.2 Å². The molecule has 0 atom stereocenters. The summed E-state index contributed by atoms with van der Waals surface area (Å²) in [4.78, 5) is 48.6. The van der Waals surface area contributed by atoms with Gasteiger partial charge in [0.2, 0.25) is 5.91 Å². The van der Waals surface area contributed by atoms with Crippen LogP contribution in [-0.4, -0.2) is 25.8 Å². The molecule has 0 aliphatic rings. The lowest BCUT2D eigenvalue weighted by Gasteiger charge is -2.10. The maximum atomic E-state index is 12.1. The van der Waals surface area contributed by atoms with E-state index in [1.165, 1.54) is 0 Å². The monoisotopic (exact) mass is 355 g/mol. The first kappa shape index (κ1) is 17.8. The van der Waals surface area contributed by atoms with Gasteiger partial charge >= 0.3 is 5.69 Å². The van der Waals surface area contributed by atoms with Crippen molar-refractivity contribution in [1.82, 2.24) is 19.9 Å². The molecule has 0 radical (unpaired) electrons. The molecule has 0 bridgehead atoms. The molecule has 0 aliphatic carbocycles. The molecule has 3 rings (SSSR count). The second kappa shape index (κ2) is 7.47. The average molecular weight is 355 g/mol. The van der Waals surface area contributed by atoms with E-state index >= 15 is 0 Å². The summed E-state index contributed by atoms with van der Waals surface area (Å²) in [6, 6.07) is 3.47. The molecule has 0 unspecified atom stereocenters. The Morgan fingerprint density at radius 3 is 2.62 bits per heavy atom. The van der Waals surface area contributed by atoms with Crippen LogP contribution in [0.1, 0.15) is 44.6 Å². The molecule has 0 aliphatic heterocycles. The van der Waals surface area contributed by atoms with E-state index in [1.807, 2.05) is 6.92 Å². The predicted octanol–water partition coefficient (Wildman–Crippen LogP) is 2.38. The van der Waals surface area contributed by atoms with Crippen molar-refractivity contribution >= 4 is 33.8 Å². The van der Waals surface area contributed by atoms with Crippen molar-refractivity contribution in [3.63, 3.8) is 0 Å². The topological polar surface area (TPSA) is 121 Å². The molecule has 1 amide bonds. The number of hydrogen-bond acceptors (Lipinski definition) is 5. The lowest BCUT2D eigenvalue weighted by molar-refractivity contribution is -0.116. The molecule has 2 aromatic heterocycles. The number of nitrogens with zero attached hydrogens (tertiary/aromatic N) is 2. The number of rotatable bonds is 6. The molecule has 0 saturated carbocycles. The standard InChI is InChI=1S/C18H21N5O3/c1-3-4-5-6-7-14(24)19-11-9-13-12(8-10(11)2)20-15-16(21-13)22-18(26)23-17(15)25/h8-9H,3-7H2,1-2H3,(H,19,24)(H2,21,22,23,25,26). The van der Waals surface area contributed by atoms with Gasteiger partial charge in [-0.05, 0) is 31.0 Å². The first-order valence-corrected chi connectivity index (χ1v) is 8.72. The van der Waals surface area contributed by atoms with Crippen LogP contribution < -0.4 is 16.6 Å². The number of aromatic nitrogens is 4. The second-order valence-electron chi connectivity index (χ2n) is 6.34. The minimum Gasteiger partial charge on any atom is -0.326 e. The summed E-state index contributed by atoms with van der Waals surface area (Å²) in [6.07, 6.45) is 4.63. The molecule has 1 aromatic carbocycles. The highest BCUT2D eigenvalue weighted by Crippen LogP contribution is 2.22. The molecule has 0 spiro atoms. The molecule has 0 saturated heterocycles. The van der Waals surface area contributed by atoms with E-state index < -0.39 is 11.2 Å². The smallest absolute Gasteiger partial charge is 0.326 e. The fraction of sp³-hybridized carbons (Fsp3) is 0.389. The first-order valence-electron chi connectivity index (χ1n) is 8.72. The number of unbranched alkanes of at least 4 members (excludes halogenated alkanes) is 3. The van der Waals surface area contributed by atoms with Crippen LogP contribution in [0.2, 0.25) is 0 Å². The van der Waals surface area contributed by atoms with Crippen LogP contribution in [0.4, 0.5) is 5.69 Å². The van der Waals surface area contributed by atoms with Crippen LogP contribution in [0.3, 0.4) is 0 Å². The fourth-order valence-electron chi connectivity index (χ4n) is 2.81. The normalized spacial score (nSPS) is 11.2. The largest absolute Gasteiger partial charge is 0.327 e. The second-order valence-corrected chi connectivity index (χ2v) is 6.34. The number of hydrogen-bond donors (Lipinski definition) is 3. The molecule has 3 N–H and O–H groups in total. The van der Waals surface area contributed by atoms with Gasteiger partial charge in [0.1, 0.15) is 0 Å². The SMILES string of the molecule is CCCCCCC(=O)Nc1cc2nc3[nH]c(=O)[nH]c(=O)c3nc2cc1C. The number of benzene rings is 1. The third-order valence-corrected chi connectivity index (χ3v) is 4.22. The van der Waals surface area contributed by atoms with E-state index in [-0.39, 0.29) is 17.1 Å². The number of fused-ring (bicyclic) bond motifs is 2. The van der Waals surface area contributed by atoms with Gasteiger partial charge < -0.3 is 5.32 Å². The Kier molecular flexibility index (Phi) is 5.11. The molecule has 0 fully saturated rings. The van der Waals surface area contributed by atoms with Crippen molar-refractivity contribution in [2.45, 2.75) is 46.0 Å². The third kappa shape index (κ3) is 3.79. The highest BCUT2D eigenvalue weighted by Gasteiger charge is 2.11. The van der Waals surface area contributed by atoms with Crippen molar-refractivity contribution in [1.29, 1.82) is 0 Å². The molecule has 26 heavy (non-hydrogen) atoms. The molecule has 8 heteroatoms. The van der Waals surface area contributed by atoms with Crippen molar-refractivity contribution in [2.24, 2.45) is 0 Å². The zero-order valence-corrected chi connectivity index (χ0v) is 14.8. The van der Waals surface area contributed by atoms with Gasteiger partial charge in [0.25, 0.3) is 5.56 Å². The number of carbonyl (C=O) groups is 1. The van der Waals surface area contributed by atoms with Gasteiger partial charge in [0.05, 0.1) is 11.0 Å². The number of aromatic amines is 2. The average Bonchev–Trinajstić information content (AvgIpc) is 2.58. The number of carbonyl (C=O) groups excluding carboxylic acids is 1. The zero-order valence-electron chi connectivity index (χ0n) is 14.8. The Morgan fingerprint density at radius 2 is 1.85 bits per heavy atom. The summed E-state index contributed by atoms with van der Waals surface area (Å²) >= 11 is 0. The summed E-state index contributed by atoms with van der Waals surface area (Å²) in [5.41, 5.74) is 1.46. The number of H-pyrrole nitrogens is 2. The van der Waals surface area contributed by atoms with Gasteiger partial charge in [-0.1, -0.05) is 26.2 Å². The maximum absolute atomic E-state index is 12.1. The Bertz CT molecular complexity index is 1080. The Labute approximate surface area is 149 Å². The number of anilines is 1. The van der Waals surface area contributed by atoms with Gasteiger partial charge in [0, 0.05) is 12.1 Å². The molecule has 2 heterocycles. The number of aryl methyl sites for hydroxylation is 1. The minimum absolute atomic E-state index is 0.0397. The van der Waals surface area contributed by atoms with Crippen LogP contribution >= 0.6 is 0 Å². The summed E-state index contributed by atoms with van der Waals surface area (Å²) in [6.45, 7) is 3.99.